The average Bonchev–Trinajstić information content (AvgIpc) is 1.85. The van der Waals surface area contributed by atoms with E-state index >= 15 is 0 Å². The van der Waals surface area contributed by atoms with Crippen LogP contribution in [0.15, 0.2) is 12.2 Å². The highest BCUT2D eigenvalue weighted by atomic mass is 14.3. The molecule has 0 bridgehead atoms. The molecule has 0 spiro atoms. The molecule has 0 aromatic heterocycles. The summed E-state index contributed by atoms with van der Waals surface area (Å²) in [6, 6.07) is 0. The van der Waals surface area contributed by atoms with Crippen LogP contribution in [0, 0.1) is 10.8 Å². The summed E-state index contributed by atoms with van der Waals surface area (Å²) in [5, 5.41) is 0. The van der Waals surface area contributed by atoms with Gasteiger partial charge in [-0.05, 0) is 17.3 Å². The van der Waals surface area contributed by atoms with E-state index in [-0.39, 0.29) is 0 Å². The zero-order valence-electron chi connectivity index (χ0n) is 9.57. The maximum absolute atomic E-state index is 2.36. The van der Waals surface area contributed by atoms with Gasteiger partial charge in [-0.2, -0.15) is 0 Å². The molecule has 0 nitrogen and oxygen atoms in total. The Kier molecular flexibility index (Phi) is 4.02. The van der Waals surface area contributed by atoms with Crippen molar-refractivity contribution in [2.75, 3.05) is 0 Å². The van der Waals surface area contributed by atoms with Gasteiger partial charge in [-0.15, -0.1) is 0 Å². The van der Waals surface area contributed by atoms with Gasteiger partial charge in [-0.3, -0.25) is 0 Å². The first kappa shape index (κ1) is 11.7. The molecule has 0 fully saturated rings. The molecule has 0 unspecified atom stereocenters. The standard InChI is InChI=1S/C12H24/c1-7-8-9-10-12(5,6)11(2,3)4/h9-10H,7-8H2,1-6H3/b10-9+. The molecule has 0 atom stereocenters. The molecule has 0 aromatic carbocycles. The van der Waals surface area contributed by atoms with E-state index < -0.39 is 0 Å². The van der Waals surface area contributed by atoms with Gasteiger partial charge in [0.25, 0.3) is 0 Å². The first-order valence-corrected chi connectivity index (χ1v) is 4.99. The summed E-state index contributed by atoms with van der Waals surface area (Å²) in [5.41, 5.74) is 0.666. The first-order valence-electron chi connectivity index (χ1n) is 4.99. The summed E-state index contributed by atoms with van der Waals surface area (Å²) in [7, 11) is 0. The lowest BCUT2D eigenvalue weighted by atomic mass is 9.69. The van der Waals surface area contributed by atoms with Crippen LogP contribution in [0.4, 0.5) is 0 Å². The molecule has 0 aromatic rings. The minimum Gasteiger partial charge on any atom is -0.0880 e. The molecule has 12 heavy (non-hydrogen) atoms. The van der Waals surface area contributed by atoms with Gasteiger partial charge in [0.2, 0.25) is 0 Å². The molecule has 0 heteroatoms. The summed E-state index contributed by atoms with van der Waals surface area (Å²) >= 11 is 0. The molecule has 0 saturated heterocycles. The zero-order chi connectivity index (χ0) is 9.83. The molecule has 0 radical (unpaired) electrons. The Morgan fingerprint density at radius 2 is 1.50 bits per heavy atom. The molecule has 0 aliphatic carbocycles. The third kappa shape index (κ3) is 3.42. The number of unbranched alkanes of at least 4 members (excludes halogenated alkanes) is 1. The van der Waals surface area contributed by atoms with E-state index in [4.69, 9.17) is 0 Å². The van der Waals surface area contributed by atoms with Crippen molar-refractivity contribution in [3.8, 4) is 0 Å². The van der Waals surface area contributed by atoms with E-state index in [1.165, 1.54) is 12.8 Å². The fourth-order valence-corrected chi connectivity index (χ4v) is 0.795. The molecule has 0 saturated carbocycles. The van der Waals surface area contributed by atoms with Gasteiger partial charge >= 0.3 is 0 Å². The van der Waals surface area contributed by atoms with Gasteiger partial charge in [0, 0.05) is 0 Å². The van der Waals surface area contributed by atoms with Crippen LogP contribution in [0.2, 0.25) is 0 Å². The van der Waals surface area contributed by atoms with E-state index in [0.717, 1.165) is 0 Å². The summed E-state index contributed by atoms with van der Waals surface area (Å²) in [6.45, 7) is 13.7. The largest absolute Gasteiger partial charge is 0.0880 e. The smallest absolute Gasteiger partial charge is 0.0126 e. The van der Waals surface area contributed by atoms with Crippen LogP contribution in [0.5, 0.6) is 0 Å². The van der Waals surface area contributed by atoms with Gasteiger partial charge in [0.05, 0.1) is 0 Å². The highest BCUT2D eigenvalue weighted by Crippen LogP contribution is 2.38. The van der Waals surface area contributed by atoms with Crippen molar-refractivity contribution in [1.82, 2.24) is 0 Å². The normalized spacial score (nSPS) is 14.2. The lowest BCUT2D eigenvalue weighted by Crippen LogP contribution is -2.27. The van der Waals surface area contributed by atoms with Crippen molar-refractivity contribution < 1.29 is 0 Å². The predicted molar refractivity (Wildman–Crippen MR) is 57.3 cm³/mol. The quantitative estimate of drug-likeness (QED) is 0.547. The molecule has 0 aliphatic rings. The van der Waals surface area contributed by atoms with Crippen LogP contribution in [-0.2, 0) is 0 Å². The fourth-order valence-electron chi connectivity index (χ4n) is 0.795. The summed E-state index contributed by atoms with van der Waals surface area (Å²) in [4.78, 5) is 0. The van der Waals surface area contributed by atoms with Gasteiger partial charge in [0.15, 0.2) is 0 Å². The molecular weight excluding hydrogens is 144 g/mol. The Morgan fingerprint density at radius 3 is 1.83 bits per heavy atom. The molecule has 0 heterocycles. The Bertz CT molecular complexity index is 144. The maximum Gasteiger partial charge on any atom is -0.0126 e. The van der Waals surface area contributed by atoms with E-state index in [1.807, 2.05) is 0 Å². The van der Waals surface area contributed by atoms with Crippen molar-refractivity contribution in [2.24, 2.45) is 10.8 Å². The van der Waals surface area contributed by atoms with E-state index in [9.17, 15) is 0 Å². The van der Waals surface area contributed by atoms with Crippen molar-refractivity contribution >= 4 is 0 Å². The van der Waals surface area contributed by atoms with E-state index in [1.54, 1.807) is 0 Å². The fraction of sp³-hybridized carbons (Fsp3) is 0.833. The minimum atomic E-state index is 0.308. The average molecular weight is 168 g/mol. The van der Waals surface area contributed by atoms with E-state index in [0.29, 0.717) is 10.8 Å². The lowest BCUT2D eigenvalue weighted by Gasteiger charge is -2.36. The maximum atomic E-state index is 2.36. The topological polar surface area (TPSA) is 0 Å². The minimum absolute atomic E-state index is 0.308. The number of allylic oxidation sites excluding steroid dienone is 2. The van der Waals surface area contributed by atoms with Crippen molar-refractivity contribution in [3.63, 3.8) is 0 Å². The third-order valence-corrected chi connectivity index (χ3v) is 2.92. The van der Waals surface area contributed by atoms with Crippen LogP contribution < -0.4 is 0 Å². The molecular formula is C12H24. The van der Waals surface area contributed by atoms with Crippen LogP contribution in [-0.4, -0.2) is 0 Å². The van der Waals surface area contributed by atoms with E-state index in [2.05, 4.69) is 53.7 Å². The Hall–Kier alpha value is -0.260. The number of hydrogen-bond donors (Lipinski definition) is 0. The van der Waals surface area contributed by atoms with Gasteiger partial charge in [-0.1, -0.05) is 60.1 Å². The van der Waals surface area contributed by atoms with Crippen LogP contribution >= 0.6 is 0 Å². The van der Waals surface area contributed by atoms with Crippen LogP contribution in [0.1, 0.15) is 54.4 Å². The molecule has 0 rings (SSSR count). The second-order valence-corrected chi connectivity index (χ2v) is 5.16. The van der Waals surface area contributed by atoms with Crippen molar-refractivity contribution in [1.29, 1.82) is 0 Å². The SMILES string of the molecule is CCC/C=C/C(C)(C)C(C)(C)C. The molecule has 0 aliphatic heterocycles. The molecule has 72 valence electrons. The van der Waals surface area contributed by atoms with Gasteiger partial charge in [0.1, 0.15) is 0 Å². The Balaban J connectivity index is 4.22. The Labute approximate surface area is 78.1 Å². The second kappa shape index (κ2) is 4.11. The first-order chi connectivity index (χ1) is 5.31. The highest BCUT2D eigenvalue weighted by Gasteiger charge is 2.29. The highest BCUT2D eigenvalue weighted by molar-refractivity contribution is 5.00. The molecule has 0 N–H and O–H groups in total. The van der Waals surface area contributed by atoms with Gasteiger partial charge in [-0.25, -0.2) is 0 Å². The summed E-state index contributed by atoms with van der Waals surface area (Å²) in [6.07, 6.45) is 7.12. The lowest BCUT2D eigenvalue weighted by molar-refractivity contribution is 0.192. The summed E-state index contributed by atoms with van der Waals surface area (Å²) < 4.78 is 0. The summed E-state index contributed by atoms with van der Waals surface area (Å²) in [5.74, 6) is 0. The number of hydrogen-bond acceptors (Lipinski definition) is 0. The van der Waals surface area contributed by atoms with Crippen molar-refractivity contribution in [2.45, 2.75) is 54.4 Å². The van der Waals surface area contributed by atoms with Crippen LogP contribution in [0.3, 0.4) is 0 Å². The van der Waals surface area contributed by atoms with Crippen LogP contribution in [0.25, 0.3) is 0 Å². The predicted octanol–water partition coefficient (Wildman–Crippen LogP) is 4.42. The van der Waals surface area contributed by atoms with Crippen molar-refractivity contribution in [3.05, 3.63) is 12.2 Å². The second-order valence-electron chi connectivity index (χ2n) is 5.16. The monoisotopic (exact) mass is 168 g/mol. The van der Waals surface area contributed by atoms with Gasteiger partial charge < -0.3 is 0 Å². The molecule has 0 amide bonds. The zero-order valence-corrected chi connectivity index (χ0v) is 9.57. The number of rotatable bonds is 3. The third-order valence-electron chi connectivity index (χ3n) is 2.92. The Morgan fingerprint density at radius 1 is 1.00 bits per heavy atom.